The molecule has 0 spiro atoms. The normalized spacial score (nSPS) is 11.1. The van der Waals surface area contributed by atoms with E-state index in [9.17, 15) is 4.79 Å². The average Bonchev–Trinajstić information content (AvgIpc) is 2.89. The highest BCUT2D eigenvalue weighted by Gasteiger charge is 2.11. The maximum absolute atomic E-state index is 12.3. The molecule has 0 amide bonds. The van der Waals surface area contributed by atoms with Crippen molar-refractivity contribution < 1.29 is 0 Å². The fraction of sp³-hybridized carbons (Fsp3) is 0. The molecule has 0 saturated carbocycles. The highest BCUT2D eigenvalue weighted by atomic mass is 79.9. The Morgan fingerprint density at radius 1 is 1.09 bits per heavy atom. The quantitative estimate of drug-likeness (QED) is 0.539. The molecule has 0 radical (unpaired) electrons. The minimum absolute atomic E-state index is 0.0270. The number of hydrogen-bond acceptors (Lipinski definition) is 4. The Kier molecular flexibility index (Phi) is 3.20. The van der Waals surface area contributed by atoms with Crippen LogP contribution in [-0.4, -0.2) is 9.97 Å². The lowest BCUT2D eigenvalue weighted by molar-refractivity contribution is 1.42. The molecular formula is C16H10BrN3OS. The van der Waals surface area contributed by atoms with Gasteiger partial charge in [-0.05, 0) is 30.3 Å². The smallest absolute Gasteiger partial charge is 0.261 e. The Labute approximate surface area is 138 Å². The summed E-state index contributed by atoms with van der Waals surface area (Å²) in [7, 11) is 0. The lowest BCUT2D eigenvalue weighted by Crippen LogP contribution is -2.00. The van der Waals surface area contributed by atoms with Gasteiger partial charge in [0.2, 0.25) is 0 Å². The third-order valence-electron chi connectivity index (χ3n) is 3.38. The maximum Gasteiger partial charge on any atom is 0.261 e. The van der Waals surface area contributed by atoms with E-state index in [1.807, 2.05) is 48.5 Å². The molecule has 4 aromatic rings. The first-order valence-corrected chi connectivity index (χ1v) is 8.26. The molecule has 4 nitrogen and oxygen atoms in total. The SMILES string of the molecule is O=c1sc(Nc2ccc(Br)cc2)nc2c1[nH]c1ccccc12. The van der Waals surface area contributed by atoms with Crippen LogP contribution in [0.4, 0.5) is 10.8 Å². The van der Waals surface area contributed by atoms with Gasteiger partial charge in [-0.3, -0.25) is 4.79 Å². The Bertz CT molecular complexity index is 1040. The van der Waals surface area contributed by atoms with Crippen LogP contribution in [0.15, 0.2) is 57.8 Å². The molecule has 108 valence electrons. The minimum atomic E-state index is -0.0270. The van der Waals surface area contributed by atoms with Gasteiger partial charge in [0.25, 0.3) is 4.74 Å². The molecule has 0 atom stereocenters. The van der Waals surface area contributed by atoms with E-state index in [0.717, 1.165) is 32.4 Å². The van der Waals surface area contributed by atoms with Gasteiger partial charge in [-0.25, -0.2) is 4.98 Å². The van der Waals surface area contributed by atoms with Crippen molar-refractivity contribution in [3.05, 3.63) is 62.5 Å². The summed E-state index contributed by atoms with van der Waals surface area (Å²) in [5.41, 5.74) is 3.09. The molecule has 4 rings (SSSR count). The van der Waals surface area contributed by atoms with Crippen LogP contribution in [-0.2, 0) is 0 Å². The summed E-state index contributed by atoms with van der Waals surface area (Å²) < 4.78 is 0.979. The molecule has 0 aliphatic carbocycles. The molecular weight excluding hydrogens is 362 g/mol. The number of benzene rings is 2. The zero-order valence-corrected chi connectivity index (χ0v) is 13.7. The molecule has 0 aliphatic heterocycles. The number of rotatable bonds is 2. The van der Waals surface area contributed by atoms with Gasteiger partial charge < -0.3 is 10.3 Å². The van der Waals surface area contributed by atoms with Crippen LogP contribution in [0.2, 0.25) is 0 Å². The molecule has 0 aliphatic rings. The van der Waals surface area contributed by atoms with E-state index in [4.69, 9.17) is 0 Å². The van der Waals surface area contributed by atoms with Crippen LogP contribution in [0.25, 0.3) is 21.9 Å². The molecule has 2 N–H and O–H groups in total. The van der Waals surface area contributed by atoms with Crippen molar-refractivity contribution in [2.75, 3.05) is 5.32 Å². The molecule has 0 fully saturated rings. The highest BCUT2D eigenvalue weighted by Crippen LogP contribution is 2.26. The van der Waals surface area contributed by atoms with Crippen molar-refractivity contribution in [3.63, 3.8) is 0 Å². The number of hydrogen-bond donors (Lipinski definition) is 2. The Hall–Kier alpha value is -2.18. The minimum Gasteiger partial charge on any atom is -0.349 e. The zero-order chi connectivity index (χ0) is 15.1. The molecule has 0 unspecified atom stereocenters. The molecule has 2 aromatic heterocycles. The summed E-state index contributed by atoms with van der Waals surface area (Å²) in [6, 6.07) is 15.5. The Morgan fingerprint density at radius 3 is 2.68 bits per heavy atom. The van der Waals surface area contributed by atoms with E-state index in [1.54, 1.807) is 0 Å². The second-order valence-electron chi connectivity index (χ2n) is 4.83. The van der Waals surface area contributed by atoms with E-state index in [2.05, 4.69) is 31.2 Å². The Balaban J connectivity index is 1.86. The van der Waals surface area contributed by atoms with Gasteiger partial charge in [0, 0.05) is 21.1 Å². The van der Waals surface area contributed by atoms with Gasteiger partial charge in [-0.15, -0.1) is 0 Å². The van der Waals surface area contributed by atoms with Crippen molar-refractivity contribution in [2.24, 2.45) is 0 Å². The number of nitrogens with zero attached hydrogens (tertiary/aromatic N) is 1. The van der Waals surface area contributed by atoms with Crippen LogP contribution in [0.3, 0.4) is 0 Å². The van der Waals surface area contributed by atoms with E-state index < -0.39 is 0 Å². The van der Waals surface area contributed by atoms with Crippen LogP contribution in [0, 0.1) is 0 Å². The molecule has 0 saturated heterocycles. The van der Waals surface area contributed by atoms with Crippen molar-refractivity contribution in [1.29, 1.82) is 0 Å². The number of H-pyrrole nitrogens is 1. The lowest BCUT2D eigenvalue weighted by atomic mass is 10.2. The van der Waals surface area contributed by atoms with Crippen molar-refractivity contribution in [2.45, 2.75) is 0 Å². The van der Waals surface area contributed by atoms with Gasteiger partial charge in [-0.2, -0.15) is 0 Å². The molecule has 2 aromatic carbocycles. The second-order valence-corrected chi connectivity index (χ2v) is 6.71. The van der Waals surface area contributed by atoms with E-state index >= 15 is 0 Å². The predicted octanol–water partition coefficient (Wildman–Crippen LogP) is 4.64. The van der Waals surface area contributed by atoms with Crippen LogP contribution in [0.5, 0.6) is 0 Å². The van der Waals surface area contributed by atoms with Gasteiger partial charge in [0.15, 0.2) is 5.13 Å². The van der Waals surface area contributed by atoms with Gasteiger partial charge in [-0.1, -0.05) is 45.5 Å². The summed E-state index contributed by atoms with van der Waals surface area (Å²) in [6.07, 6.45) is 0. The van der Waals surface area contributed by atoms with E-state index in [1.165, 1.54) is 0 Å². The summed E-state index contributed by atoms with van der Waals surface area (Å²) in [5, 5.41) is 4.74. The monoisotopic (exact) mass is 371 g/mol. The van der Waals surface area contributed by atoms with Gasteiger partial charge in [0.05, 0.1) is 0 Å². The summed E-state index contributed by atoms with van der Waals surface area (Å²) in [6.45, 7) is 0. The second kappa shape index (κ2) is 5.23. The maximum atomic E-state index is 12.3. The highest BCUT2D eigenvalue weighted by molar-refractivity contribution is 9.10. The third kappa shape index (κ3) is 2.30. The van der Waals surface area contributed by atoms with Crippen LogP contribution >= 0.6 is 27.3 Å². The first kappa shape index (κ1) is 13.5. The van der Waals surface area contributed by atoms with Crippen molar-refractivity contribution >= 4 is 60.0 Å². The molecule has 0 bridgehead atoms. The largest absolute Gasteiger partial charge is 0.349 e. The van der Waals surface area contributed by atoms with E-state index in [-0.39, 0.29) is 4.74 Å². The number of aromatic amines is 1. The first-order valence-electron chi connectivity index (χ1n) is 6.65. The number of nitrogens with one attached hydrogen (secondary N) is 2. The summed E-state index contributed by atoms with van der Waals surface area (Å²) >= 11 is 4.50. The van der Waals surface area contributed by atoms with Crippen molar-refractivity contribution in [3.8, 4) is 0 Å². The number of para-hydroxylation sites is 1. The number of aromatic nitrogens is 2. The first-order chi connectivity index (χ1) is 10.7. The van der Waals surface area contributed by atoms with Crippen LogP contribution in [0.1, 0.15) is 0 Å². The predicted molar refractivity (Wildman–Crippen MR) is 95.2 cm³/mol. The lowest BCUT2D eigenvalue weighted by Gasteiger charge is -2.04. The van der Waals surface area contributed by atoms with Gasteiger partial charge in [0.1, 0.15) is 11.0 Å². The standard InChI is InChI=1S/C16H10BrN3OS/c17-9-5-7-10(8-6-9)18-16-20-13-11-3-1-2-4-12(11)19-14(13)15(21)22-16/h1-8,19H,(H,18,20). The molecule has 6 heteroatoms. The summed E-state index contributed by atoms with van der Waals surface area (Å²) in [4.78, 5) is 20.1. The van der Waals surface area contributed by atoms with Crippen molar-refractivity contribution in [1.82, 2.24) is 9.97 Å². The number of halogens is 1. The molecule has 22 heavy (non-hydrogen) atoms. The zero-order valence-electron chi connectivity index (χ0n) is 11.3. The number of anilines is 2. The number of fused-ring (bicyclic) bond motifs is 3. The topological polar surface area (TPSA) is 57.8 Å². The van der Waals surface area contributed by atoms with E-state index in [0.29, 0.717) is 16.2 Å². The fourth-order valence-corrected chi connectivity index (χ4v) is 3.36. The third-order valence-corrected chi connectivity index (χ3v) is 4.69. The summed E-state index contributed by atoms with van der Waals surface area (Å²) in [5.74, 6) is 0. The average molecular weight is 372 g/mol. The van der Waals surface area contributed by atoms with Crippen LogP contribution < -0.4 is 10.1 Å². The molecule has 2 heterocycles. The van der Waals surface area contributed by atoms with Gasteiger partial charge >= 0.3 is 0 Å². The fourth-order valence-electron chi connectivity index (χ4n) is 2.36. The Morgan fingerprint density at radius 2 is 1.86 bits per heavy atom.